The number of benzene rings is 2. The van der Waals surface area contributed by atoms with Crippen LogP contribution in [0.25, 0.3) is 11.1 Å². The van der Waals surface area contributed by atoms with Gasteiger partial charge in [0.05, 0.1) is 12.2 Å². The van der Waals surface area contributed by atoms with Crippen LogP contribution in [-0.4, -0.2) is 63.0 Å². The van der Waals surface area contributed by atoms with Gasteiger partial charge < -0.3 is 20.3 Å². The number of aliphatic carboxylic acids is 1. The van der Waals surface area contributed by atoms with Gasteiger partial charge in [-0.2, -0.15) is 13.2 Å². The highest BCUT2D eigenvalue weighted by Gasteiger charge is 2.38. The molecule has 2 aromatic carbocycles. The third kappa shape index (κ3) is 9.97. The number of carboxylic acid groups (broad SMARTS) is 1. The number of nitrogens with one attached hydrogen (secondary N) is 1. The minimum Gasteiger partial charge on any atom is -0.475 e. The van der Waals surface area contributed by atoms with Crippen LogP contribution in [0.1, 0.15) is 29.3 Å². The lowest BCUT2D eigenvalue weighted by Crippen LogP contribution is -2.41. The molecule has 1 amide bonds. The van der Waals surface area contributed by atoms with E-state index in [-0.39, 0.29) is 18.9 Å². The molecule has 1 heterocycles. The van der Waals surface area contributed by atoms with Gasteiger partial charge in [-0.3, -0.25) is 4.79 Å². The van der Waals surface area contributed by atoms with Crippen molar-refractivity contribution in [3.63, 3.8) is 0 Å². The Kier molecular flexibility index (Phi) is 11.4. The van der Waals surface area contributed by atoms with Crippen molar-refractivity contribution in [2.24, 2.45) is 0 Å². The number of carbonyl (C=O) groups is 3. The summed E-state index contributed by atoms with van der Waals surface area (Å²) >= 11 is 0. The number of rotatable bonds is 9. The van der Waals surface area contributed by atoms with Crippen LogP contribution in [0.5, 0.6) is 0 Å². The first-order valence-corrected chi connectivity index (χ1v) is 11.4. The van der Waals surface area contributed by atoms with Crippen LogP contribution in [-0.2, 0) is 20.7 Å². The average Bonchev–Trinajstić information content (AvgIpc) is 2.90. The van der Waals surface area contributed by atoms with Gasteiger partial charge in [0.25, 0.3) is 5.91 Å². The molecule has 9 nitrogen and oxygen atoms in total. The highest BCUT2D eigenvalue weighted by atomic mass is 19.4. The number of esters is 1. The molecule has 0 saturated carbocycles. The zero-order chi connectivity index (χ0) is 28.1. The Labute approximate surface area is 216 Å². The average molecular weight is 534 g/mol. The fourth-order valence-corrected chi connectivity index (χ4v) is 3.23. The molecule has 0 unspecified atom stereocenters. The van der Waals surface area contributed by atoms with Crippen molar-refractivity contribution >= 4 is 17.8 Å². The lowest BCUT2D eigenvalue weighted by atomic mass is 9.97. The Hall–Kier alpha value is -4.32. The number of aliphatic hydroxyl groups excluding tert-OH is 1. The Morgan fingerprint density at radius 1 is 0.974 bits per heavy atom. The van der Waals surface area contributed by atoms with Crippen molar-refractivity contribution < 1.29 is 42.5 Å². The maximum absolute atomic E-state index is 12.6. The summed E-state index contributed by atoms with van der Waals surface area (Å²) in [4.78, 5) is 41.1. The second kappa shape index (κ2) is 14.4. The number of amides is 1. The fourth-order valence-electron chi connectivity index (χ4n) is 3.23. The molecule has 0 spiro atoms. The Morgan fingerprint density at radius 2 is 1.53 bits per heavy atom. The van der Waals surface area contributed by atoms with E-state index in [9.17, 15) is 27.9 Å². The smallest absolute Gasteiger partial charge is 0.475 e. The molecule has 2 atom stereocenters. The van der Waals surface area contributed by atoms with Crippen molar-refractivity contribution in [1.82, 2.24) is 15.3 Å². The summed E-state index contributed by atoms with van der Waals surface area (Å²) in [5.41, 5.74) is 3.46. The minimum absolute atomic E-state index is 0.0265. The van der Waals surface area contributed by atoms with E-state index in [1.54, 1.807) is 6.92 Å². The molecule has 3 N–H and O–H groups in total. The third-order valence-corrected chi connectivity index (χ3v) is 5.01. The van der Waals surface area contributed by atoms with Gasteiger partial charge in [0, 0.05) is 24.9 Å². The fraction of sp³-hybridized carbons (Fsp3) is 0.269. The third-order valence-electron chi connectivity index (χ3n) is 5.01. The number of carboxylic acids is 1. The topological polar surface area (TPSA) is 139 Å². The number of aliphatic hydroxyl groups is 1. The second-order valence-electron chi connectivity index (χ2n) is 7.87. The number of hydrogen-bond acceptors (Lipinski definition) is 7. The Bertz CT molecular complexity index is 1180. The maximum Gasteiger partial charge on any atom is 0.490 e. The van der Waals surface area contributed by atoms with Gasteiger partial charge in [0.15, 0.2) is 6.10 Å². The van der Waals surface area contributed by atoms with Gasteiger partial charge in [0.2, 0.25) is 0 Å². The number of ether oxygens (including phenoxy) is 1. The lowest BCUT2D eigenvalue weighted by Gasteiger charge is -2.21. The molecular formula is C26H26F3N3O6. The normalized spacial score (nSPS) is 12.3. The number of halogens is 3. The molecule has 12 heteroatoms. The van der Waals surface area contributed by atoms with E-state index < -0.39 is 30.3 Å². The molecule has 0 fully saturated rings. The zero-order valence-corrected chi connectivity index (χ0v) is 20.3. The molecule has 3 rings (SSSR count). The number of aromatic nitrogens is 2. The monoisotopic (exact) mass is 533 g/mol. The van der Waals surface area contributed by atoms with Crippen LogP contribution >= 0.6 is 0 Å². The first kappa shape index (κ1) is 29.9. The molecule has 3 aromatic rings. The standard InChI is InChI=1S/C24H25N3O4.C2HF3O2/c1-2-31-24(30)22(28)13-21(27-23(29)20-14-25-16-26-15-20)12-17-8-10-19(11-9-17)18-6-4-3-5-7-18;3-2(4,5)1(6)7/h3-11,14-16,21-22,28H,2,12-13H2,1H3,(H,27,29);(H,6,7)/t21-,22-;/m1./s1. The van der Waals surface area contributed by atoms with Crippen LogP contribution in [0.3, 0.4) is 0 Å². The summed E-state index contributed by atoms with van der Waals surface area (Å²) in [7, 11) is 0. The van der Waals surface area contributed by atoms with Gasteiger partial charge in [0.1, 0.15) is 6.33 Å². The van der Waals surface area contributed by atoms with Gasteiger partial charge in [-0.15, -0.1) is 0 Å². The number of hydrogen-bond donors (Lipinski definition) is 3. The molecule has 38 heavy (non-hydrogen) atoms. The van der Waals surface area contributed by atoms with E-state index in [1.807, 2.05) is 54.6 Å². The highest BCUT2D eigenvalue weighted by Crippen LogP contribution is 2.20. The summed E-state index contributed by atoms with van der Waals surface area (Å²) < 4.78 is 36.6. The quantitative estimate of drug-likeness (QED) is 0.356. The largest absolute Gasteiger partial charge is 0.490 e. The van der Waals surface area contributed by atoms with E-state index in [1.165, 1.54) is 18.7 Å². The number of carbonyl (C=O) groups excluding carboxylic acids is 2. The Balaban J connectivity index is 0.000000638. The molecule has 0 radical (unpaired) electrons. The van der Waals surface area contributed by atoms with Crippen molar-refractivity contribution in [3.8, 4) is 11.1 Å². The Morgan fingerprint density at radius 3 is 2.05 bits per heavy atom. The zero-order valence-electron chi connectivity index (χ0n) is 20.3. The molecule has 202 valence electrons. The maximum atomic E-state index is 12.6. The van der Waals surface area contributed by atoms with Gasteiger partial charge in [-0.1, -0.05) is 54.6 Å². The van der Waals surface area contributed by atoms with Crippen molar-refractivity contribution in [2.45, 2.75) is 38.1 Å². The predicted molar refractivity (Wildman–Crippen MR) is 130 cm³/mol. The minimum atomic E-state index is -5.08. The molecule has 0 bridgehead atoms. The van der Waals surface area contributed by atoms with E-state index >= 15 is 0 Å². The first-order chi connectivity index (χ1) is 18.0. The SMILES string of the molecule is CCOC(=O)[C@H](O)C[C@@H](Cc1ccc(-c2ccccc2)cc1)NC(=O)c1cncnc1.O=C(O)C(F)(F)F. The molecule has 1 aromatic heterocycles. The van der Waals surface area contributed by atoms with Crippen LogP contribution < -0.4 is 5.32 Å². The van der Waals surface area contributed by atoms with Crippen molar-refractivity contribution in [2.75, 3.05) is 6.61 Å². The van der Waals surface area contributed by atoms with E-state index in [0.29, 0.717) is 12.0 Å². The molecule has 0 aliphatic rings. The first-order valence-electron chi connectivity index (χ1n) is 11.4. The van der Waals surface area contributed by atoms with Crippen molar-refractivity contribution in [3.05, 3.63) is 84.4 Å². The van der Waals surface area contributed by atoms with E-state index in [4.69, 9.17) is 14.6 Å². The van der Waals surface area contributed by atoms with Gasteiger partial charge >= 0.3 is 18.1 Å². The molecule has 0 aliphatic heterocycles. The van der Waals surface area contributed by atoms with Crippen LogP contribution in [0.2, 0.25) is 0 Å². The van der Waals surface area contributed by atoms with Crippen LogP contribution in [0, 0.1) is 0 Å². The molecular weight excluding hydrogens is 507 g/mol. The van der Waals surface area contributed by atoms with E-state index in [2.05, 4.69) is 15.3 Å². The summed E-state index contributed by atoms with van der Waals surface area (Å²) in [5.74, 6) is -3.83. The van der Waals surface area contributed by atoms with E-state index in [0.717, 1.165) is 16.7 Å². The van der Waals surface area contributed by atoms with Crippen molar-refractivity contribution in [1.29, 1.82) is 0 Å². The van der Waals surface area contributed by atoms with Crippen LogP contribution in [0.4, 0.5) is 13.2 Å². The summed E-state index contributed by atoms with van der Waals surface area (Å²) in [6.45, 7) is 1.85. The number of nitrogens with zero attached hydrogens (tertiary/aromatic N) is 2. The molecule has 0 saturated heterocycles. The van der Waals surface area contributed by atoms with Crippen LogP contribution in [0.15, 0.2) is 73.3 Å². The summed E-state index contributed by atoms with van der Waals surface area (Å²) in [6, 6.07) is 17.5. The summed E-state index contributed by atoms with van der Waals surface area (Å²) in [5, 5.41) is 20.2. The summed E-state index contributed by atoms with van der Waals surface area (Å²) in [6.07, 6.45) is -1.79. The second-order valence-corrected chi connectivity index (χ2v) is 7.87. The van der Waals surface area contributed by atoms with Gasteiger partial charge in [-0.05, 0) is 30.0 Å². The lowest BCUT2D eigenvalue weighted by molar-refractivity contribution is -0.192. The molecule has 0 aliphatic carbocycles. The predicted octanol–water partition coefficient (Wildman–Crippen LogP) is 3.43. The number of alkyl halides is 3. The van der Waals surface area contributed by atoms with Gasteiger partial charge in [-0.25, -0.2) is 19.6 Å². The highest BCUT2D eigenvalue weighted by molar-refractivity contribution is 5.93.